The van der Waals surface area contributed by atoms with Gasteiger partial charge < -0.3 is 14.8 Å². The van der Waals surface area contributed by atoms with Crippen molar-refractivity contribution < 1.29 is 27.8 Å². The van der Waals surface area contributed by atoms with E-state index >= 15 is 0 Å². The zero-order valence-corrected chi connectivity index (χ0v) is 18.8. The van der Waals surface area contributed by atoms with Gasteiger partial charge in [-0.05, 0) is 46.8 Å². The van der Waals surface area contributed by atoms with Crippen LogP contribution in [0.4, 0.5) is 31.0 Å². The standard InChI is InChI=1S/C23H19F2N7O4/c1-31-21(28-29-30-31)32(17-10-4-2-5-11-17)22(34)35-15-16-9-8-14-19(26-16)27-20(33)23(24,25)36-18-12-6-3-7-13-18/h2-14H,15H2,1H3,(H,26,27,33). The first-order valence-corrected chi connectivity index (χ1v) is 10.5. The summed E-state index contributed by atoms with van der Waals surface area (Å²) in [5.41, 5.74) is 0.646. The number of nitrogens with zero attached hydrogens (tertiary/aromatic N) is 6. The van der Waals surface area contributed by atoms with E-state index < -0.39 is 18.1 Å². The Morgan fingerprint density at radius 1 is 1.00 bits per heavy atom. The Kier molecular flexibility index (Phi) is 7.09. The average molecular weight is 495 g/mol. The van der Waals surface area contributed by atoms with Crippen molar-refractivity contribution in [3.63, 3.8) is 0 Å². The van der Waals surface area contributed by atoms with Crippen LogP contribution in [-0.4, -0.2) is 43.3 Å². The summed E-state index contributed by atoms with van der Waals surface area (Å²) in [4.78, 5) is 30.2. The summed E-state index contributed by atoms with van der Waals surface area (Å²) in [6.45, 7) is -0.325. The number of hydrogen-bond acceptors (Lipinski definition) is 8. The van der Waals surface area contributed by atoms with Crippen LogP contribution in [0, 0.1) is 0 Å². The number of benzene rings is 2. The van der Waals surface area contributed by atoms with Gasteiger partial charge in [0.15, 0.2) is 0 Å². The van der Waals surface area contributed by atoms with Crippen molar-refractivity contribution in [1.82, 2.24) is 25.2 Å². The summed E-state index contributed by atoms with van der Waals surface area (Å²) in [6, 6.07) is 20.0. The Balaban J connectivity index is 1.43. The minimum Gasteiger partial charge on any atom is -0.442 e. The van der Waals surface area contributed by atoms with Gasteiger partial charge in [-0.25, -0.2) is 19.4 Å². The minimum absolute atomic E-state index is 0.112. The predicted molar refractivity (Wildman–Crippen MR) is 122 cm³/mol. The van der Waals surface area contributed by atoms with Gasteiger partial charge in [0.05, 0.1) is 11.4 Å². The third-order valence-corrected chi connectivity index (χ3v) is 4.64. The first-order valence-electron chi connectivity index (χ1n) is 10.5. The molecule has 0 radical (unpaired) electrons. The van der Waals surface area contributed by atoms with Crippen LogP contribution < -0.4 is 15.0 Å². The zero-order chi connectivity index (χ0) is 25.5. The van der Waals surface area contributed by atoms with E-state index in [-0.39, 0.29) is 29.8 Å². The number of aryl methyl sites for hydroxylation is 1. The number of hydrogen-bond donors (Lipinski definition) is 1. The Morgan fingerprint density at radius 3 is 2.36 bits per heavy atom. The number of para-hydroxylation sites is 2. The topological polar surface area (TPSA) is 124 Å². The number of alkyl halides is 2. The maximum Gasteiger partial charge on any atom is 0.482 e. The fraction of sp³-hybridized carbons (Fsp3) is 0.130. The second-order valence-electron chi connectivity index (χ2n) is 7.23. The number of rotatable bonds is 8. The van der Waals surface area contributed by atoms with Gasteiger partial charge in [0, 0.05) is 7.05 Å². The van der Waals surface area contributed by atoms with E-state index in [2.05, 4.69) is 25.2 Å². The van der Waals surface area contributed by atoms with Gasteiger partial charge in [0.2, 0.25) is 0 Å². The van der Waals surface area contributed by atoms with Crippen LogP contribution in [0.3, 0.4) is 0 Å². The Hall–Kier alpha value is -4.94. The van der Waals surface area contributed by atoms with Crippen molar-refractivity contribution in [1.29, 1.82) is 0 Å². The van der Waals surface area contributed by atoms with Crippen molar-refractivity contribution in [2.45, 2.75) is 12.7 Å². The van der Waals surface area contributed by atoms with Gasteiger partial charge in [-0.2, -0.15) is 8.78 Å². The molecule has 0 saturated heterocycles. The van der Waals surface area contributed by atoms with Gasteiger partial charge >= 0.3 is 18.1 Å². The average Bonchev–Trinajstić information content (AvgIpc) is 3.29. The number of halogens is 2. The van der Waals surface area contributed by atoms with Crippen molar-refractivity contribution in [3.05, 3.63) is 84.6 Å². The fourth-order valence-corrected chi connectivity index (χ4v) is 3.00. The van der Waals surface area contributed by atoms with Crippen LogP contribution in [-0.2, 0) is 23.2 Å². The third-order valence-electron chi connectivity index (χ3n) is 4.64. The second kappa shape index (κ2) is 10.5. The molecule has 0 spiro atoms. The predicted octanol–water partition coefficient (Wildman–Crippen LogP) is 3.69. The van der Waals surface area contributed by atoms with Gasteiger partial charge in [-0.1, -0.05) is 47.6 Å². The van der Waals surface area contributed by atoms with E-state index in [1.54, 1.807) is 43.4 Å². The van der Waals surface area contributed by atoms with E-state index in [1.165, 1.54) is 47.1 Å². The van der Waals surface area contributed by atoms with Crippen LogP contribution in [0.15, 0.2) is 78.9 Å². The molecule has 1 N–H and O–H groups in total. The molecule has 0 fully saturated rings. The number of carbonyl (C=O) groups is 2. The largest absolute Gasteiger partial charge is 0.482 e. The molecule has 0 unspecified atom stereocenters. The molecule has 2 aromatic carbocycles. The van der Waals surface area contributed by atoms with Crippen molar-refractivity contribution in [3.8, 4) is 5.75 Å². The number of ether oxygens (including phenoxy) is 2. The first-order chi connectivity index (χ1) is 17.3. The molecule has 4 rings (SSSR count). The van der Waals surface area contributed by atoms with Crippen molar-refractivity contribution in [2.75, 3.05) is 10.2 Å². The lowest BCUT2D eigenvalue weighted by molar-refractivity contribution is -0.187. The molecule has 0 aliphatic carbocycles. The lowest BCUT2D eigenvalue weighted by Gasteiger charge is -2.20. The van der Waals surface area contributed by atoms with Gasteiger partial charge in [-0.15, -0.1) is 0 Å². The fourth-order valence-electron chi connectivity index (χ4n) is 3.00. The number of nitrogens with one attached hydrogen (secondary N) is 1. The van der Waals surface area contributed by atoms with Crippen LogP contribution in [0.5, 0.6) is 5.75 Å². The summed E-state index contributed by atoms with van der Waals surface area (Å²) in [6.07, 6.45) is -4.95. The number of pyridine rings is 1. The molecule has 11 nitrogen and oxygen atoms in total. The molecule has 36 heavy (non-hydrogen) atoms. The highest BCUT2D eigenvalue weighted by molar-refractivity contribution is 5.95. The maximum absolute atomic E-state index is 14.2. The number of carbonyl (C=O) groups excluding carboxylic acids is 2. The summed E-state index contributed by atoms with van der Waals surface area (Å²) < 4.78 is 39.6. The number of aromatic nitrogens is 5. The highest BCUT2D eigenvalue weighted by Crippen LogP contribution is 2.24. The number of amides is 2. The maximum atomic E-state index is 14.2. The van der Waals surface area contributed by atoms with Crippen LogP contribution >= 0.6 is 0 Å². The molecular weight excluding hydrogens is 476 g/mol. The number of anilines is 3. The molecule has 0 aliphatic heterocycles. The Morgan fingerprint density at radius 2 is 1.69 bits per heavy atom. The minimum atomic E-state index is -4.15. The van der Waals surface area contributed by atoms with Gasteiger partial charge in [0.25, 0.3) is 5.95 Å². The summed E-state index contributed by atoms with van der Waals surface area (Å²) in [5, 5.41) is 13.1. The SMILES string of the molecule is Cn1nnnc1N(C(=O)OCc1cccc(NC(=O)C(F)(F)Oc2ccccc2)n1)c1ccccc1. The highest BCUT2D eigenvalue weighted by atomic mass is 19.3. The molecular formula is C23H19F2N7O4. The third kappa shape index (κ3) is 5.75. The monoisotopic (exact) mass is 495 g/mol. The van der Waals surface area contributed by atoms with Crippen molar-refractivity contribution in [2.24, 2.45) is 7.05 Å². The van der Waals surface area contributed by atoms with Crippen LogP contribution in [0.2, 0.25) is 0 Å². The Labute approximate surface area is 203 Å². The molecule has 0 aliphatic rings. The number of tetrazole rings is 1. The molecule has 0 saturated carbocycles. The summed E-state index contributed by atoms with van der Waals surface area (Å²) in [7, 11) is 1.56. The van der Waals surface area contributed by atoms with Gasteiger partial charge in [0.1, 0.15) is 18.2 Å². The molecule has 2 aromatic heterocycles. The van der Waals surface area contributed by atoms with Crippen LogP contribution in [0.1, 0.15) is 5.69 Å². The van der Waals surface area contributed by atoms with E-state index in [9.17, 15) is 18.4 Å². The molecule has 0 atom stereocenters. The molecule has 184 valence electrons. The second-order valence-corrected chi connectivity index (χ2v) is 7.23. The zero-order valence-electron chi connectivity index (χ0n) is 18.8. The molecule has 4 aromatic rings. The normalized spacial score (nSPS) is 11.0. The molecule has 2 amide bonds. The van der Waals surface area contributed by atoms with Crippen molar-refractivity contribution >= 4 is 29.5 Å². The quantitative estimate of drug-likeness (QED) is 0.393. The van der Waals surface area contributed by atoms with Crippen LogP contribution in [0.25, 0.3) is 0 Å². The van der Waals surface area contributed by atoms with E-state index in [0.29, 0.717) is 5.69 Å². The van der Waals surface area contributed by atoms with E-state index in [1.807, 2.05) is 5.32 Å². The lowest BCUT2D eigenvalue weighted by atomic mass is 10.3. The highest BCUT2D eigenvalue weighted by Gasteiger charge is 2.42. The molecule has 13 heteroatoms. The Bertz CT molecular complexity index is 1340. The summed E-state index contributed by atoms with van der Waals surface area (Å²) in [5.74, 6) is -1.95. The molecule has 2 heterocycles. The lowest BCUT2D eigenvalue weighted by Crippen LogP contribution is -2.40. The van der Waals surface area contributed by atoms with Gasteiger partial charge in [-0.3, -0.25) is 4.79 Å². The first kappa shape index (κ1) is 24.2. The summed E-state index contributed by atoms with van der Waals surface area (Å²) >= 11 is 0. The van der Waals surface area contributed by atoms with E-state index in [4.69, 9.17) is 4.74 Å². The van der Waals surface area contributed by atoms with E-state index in [0.717, 1.165) is 4.90 Å². The smallest absolute Gasteiger partial charge is 0.442 e. The molecule has 0 bridgehead atoms.